The summed E-state index contributed by atoms with van der Waals surface area (Å²) in [4.78, 5) is 19.1. The number of nitrogens with zero attached hydrogens (tertiary/aromatic N) is 2. The summed E-state index contributed by atoms with van der Waals surface area (Å²) in [7, 11) is 3.12. The third-order valence-electron chi connectivity index (χ3n) is 4.36. The highest BCUT2D eigenvalue weighted by Crippen LogP contribution is 2.31. The fraction of sp³-hybridized carbons (Fsp3) is 0.444. The van der Waals surface area contributed by atoms with Crippen LogP contribution in [0.2, 0.25) is 0 Å². The van der Waals surface area contributed by atoms with Crippen molar-refractivity contribution >= 4 is 17.2 Å². The molecule has 0 bridgehead atoms. The van der Waals surface area contributed by atoms with E-state index in [0.29, 0.717) is 17.1 Å². The highest BCUT2D eigenvalue weighted by Gasteiger charge is 2.23. The van der Waals surface area contributed by atoms with Crippen LogP contribution in [0, 0.1) is 19.8 Å². The van der Waals surface area contributed by atoms with Gasteiger partial charge in [0.2, 0.25) is 0 Å². The quantitative estimate of drug-likeness (QED) is 0.834. The Morgan fingerprint density at radius 1 is 1.29 bits per heavy atom. The predicted octanol–water partition coefficient (Wildman–Crippen LogP) is 3.33. The van der Waals surface area contributed by atoms with Crippen molar-refractivity contribution in [3.63, 3.8) is 0 Å². The van der Waals surface area contributed by atoms with E-state index in [1.807, 2.05) is 0 Å². The molecule has 1 aliphatic rings. The number of benzene rings is 1. The van der Waals surface area contributed by atoms with Crippen LogP contribution in [0.5, 0.6) is 11.5 Å². The molecule has 6 heteroatoms. The van der Waals surface area contributed by atoms with Gasteiger partial charge in [0.05, 0.1) is 19.8 Å². The van der Waals surface area contributed by atoms with Crippen molar-refractivity contribution in [2.45, 2.75) is 33.2 Å². The fourth-order valence-electron chi connectivity index (χ4n) is 2.58. The van der Waals surface area contributed by atoms with E-state index in [0.717, 1.165) is 17.3 Å². The number of hydrogen-bond donors (Lipinski definition) is 0. The number of rotatable bonds is 5. The van der Waals surface area contributed by atoms with Crippen molar-refractivity contribution in [1.29, 1.82) is 0 Å². The summed E-state index contributed by atoms with van der Waals surface area (Å²) in [5, 5.41) is 0. The molecule has 1 amide bonds. The molecule has 1 aliphatic carbocycles. The van der Waals surface area contributed by atoms with Gasteiger partial charge in [-0.25, -0.2) is 0 Å². The maximum Gasteiger partial charge on any atom is 0.283 e. The summed E-state index contributed by atoms with van der Waals surface area (Å²) in [6.07, 6.45) is 2.52. The summed E-state index contributed by atoms with van der Waals surface area (Å²) >= 11 is 1.56. The van der Waals surface area contributed by atoms with Crippen LogP contribution >= 0.6 is 11.3 Å². The van der Waals surface area contributed by atoms with Gasteiger partial charge in [-0.15, -0.1) is 11.3 Å². The zero-order valence-electron chi connectivity index (χ0n) is 14.5. The monoisotopic (exact) mass is 346 g/mol. The number of carbonyl (C=O) groups excluding carboxylic acids is 1. The van der Waals surface area contributed by atoms with Crippen molar-refractivity contribution in [2.24, 2.45) is 10.9 Å². The van der Waals surface area contributed by atoms with Gasteiger partial charge in [-0.1, -0.05) is 0 Å². The van der Waals surface area contributed by atoms with Crippen LogP contribution in [-0.4, -0.2) is 24.7 Å². The van der Waals surface area contributed by atoms with E-state index in [1.54, 1.807) is 43.8 Å². The molecule has 2 aromatic rings. The second kappa shape index (κ2) is 6.81. The van der Waals surface area contributed by atoms with Gasteiger partial charge in [-0.2, -0.15) is 4.99 Å². The molecule has 1 saturated carbocycles. The first-order chi connectivity index (χ1) is 11.5. The Balaban J connectivity index is 2.02. The second-order valence-electron chi connectivity index (χ2n) is 6.06. The van der Waals surface area contributed by atoms with Crippen LogP contribution in [0.15, 0.2) is 23.2 Å². The van der Waals surface area contributed by atoms with Crippen molar-refractivity contribution in [3.05, 3.63) is 39.1 Å². The first-order valence-corrected chi connectivity index (χ1v) is 8.83. The Morgan fingerprint density at radius 3 is 2.67 bits per heavy atom. The van der Waals surface area contributed by atoms with E-state index in [9.17, 15) is 4.79 Å². The average Bonchev–Trinajstić information content (AvgIpc) is 3.37. The molecular weight excluding hydrogens is 324 g/mol. The average molecular weight is 346 g/mol. The maximum atomic E-state index is 12.7. The van der Waals surface area contributed by atoms with Gasteiger partial charge >= 0.3 is 0 Å². The molecule has 128 valence electrons. The molecule has 5 nitrogen and oxygen atoms in total. The first-order valence-electron chi connectivity index (χ1n) is 8.01. The zero-order chi connectivity index (χ0) is 17.3. The number of carbonyl (C=O) groups is 1. The third kappa shape index (κ3) is 3.38. The van der Waals surface area contributed by atoms with Crippen LogP contribution in [0.25, 0.3) is 0 Å². The largest absolute Gasteiger partial charge is 0.497 e. The van der Waals surface area contributed by atoms with E-state index in [4.69, 9.17) is 9.47 Å². The minimum Gasteiger partial charge on any atom is -0.497 e. The van der Waals surface area contributed by atoms with E-state index in [1.165, 1.54) is 23.4 Å². The van der Waals surface area contributed by atoms with Crippen LogP contribution in [0.3, 0.4) is 0 Å². The lowest BCUT2D eigenvalue weighted by Gasteiger charge is -2.08. The molecule has 1 aromatic heterocycles. The number of hydrogen-bond acceptors (Lipinski definition) is 4. The van der Waals surface area contributed by atoms with Crippen LogP contribution in [-0.2, 0) is 6.54 Å². The number of ether oxygens (including phenoxy) is 2. The van der Waals surface area contributed by atoms with E-state index in [2.05, 4.69) is 23.4 Å². The van der Waals surface area contributed by atoms with Gasteiger partial charge in [0.25, 0.3) is 5.91 Å². The van der Waals surface area contributed by atoms with Crippen LogP contribution < -0.4 is 14.3 Å². The summed E-state index contributed by atoms with van der Waals surface area (Å²) in [5.74, 6) is 1.52. The van der Waals surface area contributed by atoms with Gasteiger partial charge in [-0.3, -0.25) is 4.79 Å². The minimum atomic E-state index is -0.309. The molecule has 0 unspecified atom stereocenters. The number of amides is 1. The standard InChI is InChI=1S/C18H22N2O3S/c1-11-12(2)24-18(20(11)10-13-5-6-13)19-17(21)15-9-14(22-3)7-8-16(15)23-4/h7-9,13H,5-6,10H2,1-4H3/b19-18-. The third-order valence-corrected chi connectivity index (χ3v) is 5.46. The minimum absolute atomic E-state index is 0.309. The molecule has 0 atom stereocenters. The van der Waals surface area contributed by atoms with Gasteiger partial charge in [0.15, 0.2) is 4.80 Å². The zero-order valence-corrected chi connectivity index (χ0v) is 15.3. The highest BCUT2D eigenvalue weighted by atomic mass is 32.1. The first kappa shape index (κ1) is 16.8. The van der Waals surface area contributed by atoms with E-state index >= 15 is 0 Å². The molecule has 1 aromatic carbocycles. The number of aryl methyl sites for hydroxylation is 1. The van der Waals surface area contributed by atoms with Gasteiger partial charge in [-0.05, 0) is 50.8 Å². The van der Waals surface area contributed by atoms with Crippen LogP contribution in [0.4, 0.5) is 0 Å². The molecular formula is C18H22N2O3S. The molecule has 0 saturated heterocycles. The Kier molecular flexibility index (Phi) is 4.76. The summed E-state index contributed by atoms with van der Waals surface area (Å²) < 4.78 is 12.7. The molecule has 0 aliphatic heterocycles. The van der Waals surface area contributed by atoms with Gasteiger partial charge in [0.1, 0.15) is 11.5 Å². The highest BCUT2D eigenvalue weighted by molar-refractivity contribution is 7.09. The van der Waals surface area contributed by atoms with E-state index in [-0.39, 0.29) is 5.91 Å². The molecule has 3 rings (SSSR count). The summed E-state index contributed by atoms with van der Waals surface area (Å²) in [6.45, 7) is 5.10. The molecule has 0 radical (unpaired) electrons. The predicted molar refractivity (Wildman–Crippen MR) is 93.9 cm³/mol. The van der Waals surface area contributed by atoms with Crippen LogP contribution in [0.1, 0.15) is 33.8 Å². The number of aromatic nitrogens is 1. The van der Waals surface area contributed by atoms with Gasteiger partial charge in [0, 0.05) is 17.1 Å². The Bertz CT molecular complexity index is 831. The summed E-state index contributed by atoms with van der Waals surface area (Å²) in [6, 6.07) is 5.16. The SMILES string of the molecule is COc1ccc(OC)c(C(=O)/N=c2\sc(C)c(C)n2CC2CC2)c1. The second-order valence-corrected chi connectivity index (χ2v) is 7.25. The van der Waals surface area contributed by atoms with Crippen molar-refractivity contribution in [3.8, 4) is 11.5 Å². The number of methoxy groups -OCH3 is 2. The fourth-order valence-corrected chi connectivity index (χ4v) is 3.57. The Hall–Kier alpha value is -2.08. The number of thiazole rings is 1. The maximum absolute atomic E-state index is 12.7. The Morgan fingerprint density at radius 2 is 2.04 bits per heavy atom. The molecule has 0 spiro atoms. The lowest BCUT2D eigenvalue weighted by molar-refractivity contribution is 0.0994. The topological polar surface area (TPSA) is 52.8 Å². The molecule has 1 heterocycles. The van der Waals surface area contributed by atoms with Crippen molar-refractivity contribution in [1.82, 2.24) is 4.57 Å². The van der Waals surface area contributed by atoms with Gasteiger partial charge < -0.3 is 14.0 Å². The van der Waals surface area contributed by atoms with Crippen molar-refractivity contribution in [2.75, 3.05) is 14.2 Å². The lowest BCUT2D eigenvalue weighted by Crippen LogP contribution is -2.19. The summed E-state index contributed by atoms with van der Waals surface area (Å²) in [5.41, 5.74) is 1.61. The molecule has 24 heavy (non-hydrogen) atoms. The normalized spacial score (nSPS) is 14.8. The molecule has 0 N–H and O–H groups in total. The van der Waals surface area contributed by atoms with Crippen molar-refractivity contribution < 1.29 is 14.3 Å². The van der Waals surface area contributed by atoms with E-state index < -0.39 is 0 Å². The lowest BCUT2D eigenvalue weighted by atomic mass is 10.2. The Labute approximate surface area is 145 Å². The smallest absolute Gasteiger partial charge is 0.283 e. The molecule has 1 fully saturated rings.